The fraction of sp³-hybridized carbons (Fsp3) is 0.818. The Bertz CT molecular complexity index is 205. The molecule has 0 unspecified atom stereocenters. The first-order chi connectivity index (χ1) is 6.75. The molecule has 0 saturated carbocycles. The lowest BCUT2D eigenvalue weighted by atomic mass is 10.1. The number of nitrogens with zero attached hydrogens (tertiary/aromatic N) is 2. The normalized spacial score (nSPS) is 26.1. The first-order valence-electron chi connectivity index (χ1n) is 5.44. The molecule has 2 heterocycles. The quantitative estimate of drug-likeness (QED) is 0.614. The van der Waals surface area contributed by atoms with E-state index in [0.29, 0.717) is 6.04 Å². The molecule has 0 aromatic rings. The molecule has 2 fully saturated rings. The smallest absolute Gasteiger partial charge is 0.0645 e. The van der Waals surface area contributed by atoms with Crippen molar-refractivity contribution in [2.24, 2.45) is 0 Å². The van der Waals surface area contributed by atoms with Crippen molar-refractivity contribution in [3.05, 3.63) is 12.2 Å². The van der Waals surface area contributed by atoms with Crippen LogP contribution in [0.2, 0.25) is 0 Å². The maximum absolute atomic E-state index is 5.21. The van der Waals surface area contributed by atoms with Crippen LogP contribution in [0.5, 0.6) is 0 Å². The van der Waals surface area contributed by atoms with E-state index in [1.807, 2.05) is 0 Å². The molecule has 2 aliphatic heterocycles. The van der Waals surface area contributed by atoms with Crippen molar-refractivity contribution in [3.63, 3.8) is 0 Å². The monoisotopic (exact) mass is 196 g/mol. The Labute approximate surface area is 86.3 Å². The van der Waals surface area contributed by atoms with Gasteiger partial charge in [0.2, 0.25) is 0 Å². The summed E-state index contributed by atoms with van der Waals surface area (Å²) in [6.07, 6.45) is 0. The van der Waals surface area contributed by atoms with Crippen LogP contribution in [-0.2, 0) is 4.74 Å². The van der Waals surface area contributed by atoms with Crippen LogP contribution in [0.25, 0.3) is 0 Å². The fourth-order valence-electron chi connectivity index (χ4n) is 2.10. The Hall–Kier alpha value is -0.380. The summed E-state index contributed by atoms with van der Waals surface area (Å²) < 4.78 is 5.21. The van der Waals surface area contributed by atoms with Crippen LogP contribution in [0.15, 0.2) is 12.2 Å². The number of rotatable bonds is 3. The van der Waals surface area contributed by atoms with Crippen LogP contribution < -0.4 is 0 Å². The third-order valence-electron chi connectivity index (χ3n) is 3.04. The second-order valence-electron chi connectivity index (χ2n) is 4.46. The third kappa shape index (κ3) is 2.35. The number of hydrogen-bond donors (Lipinski definition) is 0. The predicted molar refractivity (Wildman–Crippen MR) is 57.4 cm³/mol. The molecule has 3 heteroatoms. The van der Waals surface area contributed by atoms with Crippen LogP contribution in [0.4, 0.5) is 0 Å². The molecule has 2 aliphatic rings. The summed E-state index contributed by atoms with van der Waals surface area (Å²) in [5, 5.41) is 0. The van der Waals surface area contributed by atoms with Crippen molar-refractivity contribution in [3.8, 4) is 0 Å². The van der Waals surface area contributed by atoms with E-state index >= 15 is 0 Å². The molecule has 0 aromatic carbocycles. The van der Waals surface area contributed by atoms with Gasteiger partial charge in [0, 0.05) is 32.7 Å². The molecule has 0 aromatic heterocycles. The lowest BCUT2D eigenvalue weighted by molar-refractivity contribution is -0.0762. The Balaban J connectivity index is 1.71. The Morgan fingerprint density at radius 3 is 2.36 bits per heavy atom. The van der Waals surface area contributed by atoms with Crippen LogP contribution in [0, 0.1) is 0 Å². The van der Waals surface area contributed by atoms with Gasteiger partial charge in [0.05, 0.1) is 19.3 Å². The van der Waals surface area contributed by atoms with Crippen molar-refractivity contribution in [1.29, 1.82) is 0 Å². The highest BCUT2D eigenvalue weighted by Gasteiger charge is 2.28. The van der Waals surface area contributed by atoms with E-state index in [9.17, 15) is 0 Å². The molecule has 0 radical (unpaired) electrons. The molecular weight excluding hydrogens is 176 g/mol. The van der Waals surface area contributed by atoms with E-state index in [4.69, 9.17) is 4.74 Å². The van der Waals surface area contributed by atoms with Gasteiger partial charge in [-0.15, -0.1) is 0 Å². The molecule has 3 nitrogen and oxygen atoms in total. The van der Waals surface area contributed by atoms with Crippen molar-refractivity contribution in [2.75, 3.05) is 45.9 Å². The molecule has 2 rings (SSSR count). The fourth-order valence-corrected chi connectivity index (χ4v) is 2.10. The van der Waals surface area contributed by atoms with Crippen LogP contribution >= 0.6 is 0 Å². The summed E-state index contributed by atoms with van der Waals surface area (Å²) >= 11 is 0. The van der Waals surface area contributed by atoms with Crippen molar-refractivity contribution >= 4 is 0 Å². The molecule has 0 bridgehead atoms. The molecule has 80 valence electrons. The first-order valence-corrected chi connectivity index (χ1v) is 5.44. The SMILES string of the molecule is C=C(C)CN1CCN(C2COC2)CC1. The molecule has 0 spiro atoms. The number of piperazine rings is 1. The average molecular weight is 196 g/mol. The van der Waals surface area contributed by atoms with Gasteiger partial charge < -0.3 is 4.74 Å². The summed E-state index contributed by atoms with van der Waals surface area (Å²) in [6.45, 7) is 13.8. The molecule has 2 saturated heterocycles. The number of hydrogen-bond acceptors (Lipinski definition) is 3. The molecule has 0 aliphatic carbocycles. The van der Waals surface area contributed by atoms with Gasteiger partial charge in [0.25, 0.3) is 0 Å². The standard InChI is InChI=1S/C11H20N2O/c1-10(2)7-12-3-5-13(6-4-12)11-8-14-9-11/h11H,1,3-9H2,2H3. The highest BCUT2D eigenvalue weighted by Crippen LogP contribution is 2.13. The van der Waals surface area contributed by atoms with Crippen molar-refractivity contribution < 1.29 is 4.74 Å². The van der Waals surface area contributed by atoms with Crippen molar-refractivity contribution in [1.82, 2.24) is 9.80 Å². The zero-order chi connectivity index (χ0) is 9.97. The topological polar surface area (TPSA) is 15.7 Å². The van der Waals surface area contributed by atoms with Gasteiger partial charge in [-0.05, 0) is 6.92 Å². The Morgan fingerprint density at radius 2 is 1.93 bits per heavy atom. The van der Waals surface area contributed by atoms with E-state index in [2.05, 4.69) is 23.3 Å². The minimum Gasteiger partial charge on any atom is -0.378 e. The lowest BCUT2D eigenvalue weighted by Gasteiger charge is -2.42. The highest BCUT2D eigenvalue weighted by molar-refractivity contribution is 4.93. The summed E-state index contributed by atoms with van der Waals surface area (Å²) in [5.41, 5.74) is 1.27. The van der Waals surface area contributed by atoms with Crippen LogP contribution in [-0.4, -0.2) is 61.8 Å². The zero-order valence-corrected chi connectivity index (χ0v) is 9.04. The minimum absolute atomic E-state index is 0.710. The van der Waals surface area contributed by atoms with Gasteiger partial charge in [-0.3, -0.25) is 9.80 Å². The zero-order valence-electron chi connectivity index (χ0n) is 9.04. The second-order valence-corrected chi connectivity index (χ2v) is 4.46. The lowest BCUT2D eigenvalue weighted by Crippen LogP contribution is -2.56. The largest absolute Gasteiger partial charge is 0.378 e. The van der Waals surface area contributed by atoms with E-state index < -0.39 is 0 Å². The molecule has 0 amide bonds. The Morgan fingerprint density at radius 1 is 1.29 bits per heavy atom. The molecule has 0 atom stereocenters. The van der Waals surface area contributed by atoms with Gasteiger partial charge in [0.1, 0.15) is 0 Å². The van der Waals surface area contributed by atoms with Crippen molar-refractivity contribution in [2.45, 2.75) is 13.0 Å². The second kappa shape index (κ2) is 4.43. The number of ether oxygens (including phenoxy) is 1. The van der Waals surface area contributed by atoms with E-state index in [1.165, 1.54) is 31.8 Å². The minimum atomic E-state index is 0.710. The predicted octanol–water partition coefficient (Wildman–Crippen LogP) is 0.579. The van der Waals surface area contributed by atoms with E-state index in [-0.39, 0.29) is 0 Å². The maximum atomic E-state index is 5.21. The Kier molecular flexibility index (Phi) is 3.21. The first kappa shape index (κ1) is 10.1. The summed E-state index contributed by atoms with van der Waals surface area (Å²) in [7, 11) is 0. The summed E-state index contributed by atoms with van der Waals surface area (Å²) in [6, 6.07) is 0.710. The molecular formula is C11H20N2O. The third-order valence-corrected chi connectivity index (χ3v) is 3.04. The van der Waals surface area contributed by atoms with Crippen LogP contribution in [0.3, 0.4) is 0 Å². The maximum Gasteiger partial charge on any atom is 0.0645 e. The van der Waals surface area contributed by atoms with Gasteiger partial charge in [-0.1, -0.05) is 12.2 Å². The van der Waals surface area contributed by atoms with E-state index in [1.54, 1.807) is 0 Å². The van der Waals surface area contributed by atoms with Gasteiger partial charge >= 0.3 is 0 Å². The van der Waals surface area contributed by atoms with Crippen LogP contribution in [0.1, 0.15) is 6.92 Å². The van der Waals surface area contributed by atoms with Gasteiger partial charge in [-0.25, -0.2) is 0 Å². The summed E-state index contributed by atoms with van der Waals surface area (Å²) in [5.74, 6) is 0. The molecule has 14 heavy (non-hydrogen) atoms. The summed E-state index contributed by atoms with van der Waals surface area (Å²) in [4.78, 5) is 5.04. The van der Waals surface area contributed by atoms with Gasteiger partial charge in [0.15, 0.2) is 0 Å². The van der Waals surface area contributed by atoms with Gasteiger partial charge in [-0.2, -0.15) is 0 Å². The average Bonchev–Trinajstić information content (AvgIpc) is 2.04. The highest BCUT2D eigenvalue weighted by atomic mass is 16.5. The van der Waals surface area contributed by atoms with E-state index in [0.717, 1.165) is 19.8 Å². The molecule has 0 N–H and O–H groups in total.